The quantitative estimate of drug-likeness (QED) is 0.819. The minimum atomic E-state index is -3.65. The van der Waals surface area contributed by atoms with Crippen LogP contribution in [-0.4, -0.2) is 24.0 Å². The number of sulfonamides is 1. The number of nitrogens with one attached hydrogen (secondary N) is 1. The molecule has 1 unspecified atom stereocenters. The van der Waals surface area contributed by atoms with E-state index in [0.717, 1.165) is 0 Å². The number of nitrogens with zero attached hydrogens (tertiary/aromatic N) is 2. The summed E-state index contributed by atoms with van der Waals surface area (Å²) in [6.45, 7) is 3.98. The number of aryl methyl sites for hydroxylation is 1. The molecular weight excluding hydrogens is 312 g/mol. The van der Waals surface area contributed by atoms with Gasteiger partial charge < -0.3 is 10.3 Å². The first-order chi connectivity index (χ1) is 9.79. The number of imidazole rings is 1. The highest BCUT2D eigenvalue weighted by atomic mass is 35.5. The van der Waals surface area contributed by atoms with Crippen LogP contribution in [0.25, 0.3) is 0 Å². The van der Waals surface area contributed by atoms with Gasteiger partial charge in [-0.1, -0.05) is 11.6 Å². The summed E-state index contributed by atoms with van der Waals surface area (Å²) in [5.41, 5.74) is 6.60. The minimum Gasteiger partial charge on any atom is -0.397 e. The average molecular weight is 329 g/mol. The molecule has 114 valence electrons. The molecule has 1 aromatic heterocycles. The number of nitrogens with two attached hydrogens (primary N) is 1. The molecule has 1 aromatic carbocycles. The van der Waals surface area contributed by atoms with E-state index in [4.69, 9.17) is 17.3 Å². The van der Waals surface area contributed by atoms with E-state index in [1.807, 2.05) is 0 Å². The first kappa shape index (κ1) is 15.8. The lowest BCUT2D eigenvalue weighted by atomic mass is 10.2. The van der Waals surface area contributed by atoms with Gasteiger partial charge in [-0.05, 0) is 31.5 Å². The van der Waals surface area contributed by atoms with Crippen LogP contribution in [0, 0.1) is 6.92 Å². The number of aromatic nitrogens is 2. The Morgan fingerprint density at radius 2 is 2.19 bits per heavy atom. The van der Waals surface area contributed by atoms with Crippen LogP contribution >= 0.6 is 11.6 Å². The smallest absolute Gasteiger partial charge is 0.240 e. The summed E-state index contributed by atoms with van der Waals surface area (Å²) in [6, 6.07) is 2.58. The highest BCUT2D eigenvalue weighted by molar-refractivity contribution is 7.89. The van der Waals surface area contributed by atoms with E-state index in [-0.39, 0.29) is 16.6 Å². The molecule has 1 heterocycles. The van der Waals surface area contributed by atoms with E-state index in [2.05, 4.69) is 9.71 Å². The van der Waals surface area contributed by atoms with Crippen molar-refractivity contribution in [2.24, 2.45) is 0 Å². The molecule has 6 nitrogen and oxygen atoms in total. The van der Waals surface area contributed by atoms with E-state index in [1.165, 1.54) is 12.1 Å². The van der Waals surface area contributed by atoms with Gasteiger partial charge in [-0.2, -0.15) is 0 Å². The summed E-state index contributed by atoms with van der Waals surface area (Å²) in [6.07, 6.45) is 5.05. The van der Waals surface area contributed by atoms with Gasteiger partial charge >= 0.3 is 0 Å². The maximum atomic E-state index is 12.4. The maximum absolute atomic E-state index is 12.4. The molecule has 0 aliphatic rings. The van der Waals surface area contributed by atoms with Crippen LogP contribution < -0.4 is 10.5 Å². The molecule has 0 fully saturated rings. The Bertz CT molecular complexity index is 706. The monoisotopic (exact) mass is 328 g/mol. The highest BCUT2D eigenvalue weighted by Gasteiger charge is 2.19. The second-order valence-corrected chi connectivity index (χ2v) is 7.02. The lowest BCUT2D eigenvalue weighted by Gasteiger charge is -2.15. The van der Waals surface area contributed by atoms with Crippen molar-refractivity contribution in [3.63, 3.8) is 0 Å². The molecule has 0 amide bonds. The number of nitrogen functional groups attached to an aromatic ring is 1. The third-order valence-electron chi connectivity index (χ3n) is 2.97. The van der Waals surface area contributed by atoms with Gasteiger partial charge in [-0.15, -0.1) is 0 Å². The van der Waals surface area contributed by atoms with Gasteiger partial charge in [0.25, 0.3) is 0 Å². The fraction of sp³-hybridized carbons (Fsp3) is 0.308. The summed E-state index contributed by atoms with van der Waals surface area (Å²) in [4.78, 5) is 4.03. The molecule has 8 heteroatoms. The zero-order valence-electron chi connectivity index (χ0n) is 11.7. The first-order valence-electron chi connectivity index (χ1n) is 6.33. The molecule has 0 spiro atoms. The molecule has 2 rings (SSSR count). The van der Waals surface area contributed by atoms with E-state index >= 15 is 0 Å². The Kier molecular flexibility index (Phi) is 4.55. The number of benzene rings is 1. The van der Waals surface area contributed by atoms with E-state index in [0.29, 0.717) is 17.1 Å². The standard InChI is InChI=1S/C13H17ClN4O2S/c1-9-5-11(6-12(15)13(9)14)21(19,20)17-10(2)7-18-4-3-16-8-18/h3-6,8,10,17H,7,15H2,1-2H3. The van der Waals surface area contributed by atoms with Gasteiger partial charge in [0.1, 0.15) is 0 Å². The molecular formula is C13H17ClN4O2S. The number of rotatable bonds is 5. The summed E-state index contributed by atoms with van der Waals surface area (Å²) in [7, 11) is -3.65. The number of hydrogen-bond acceptors (Lipinski definition) is 4. The molecule has 0 aliphatic heterocycles. The van der Waals surface area contributed by atoms with Crippen LogP contribution in [0.1, 0.15) is 12.5 Å². The Morgan fingerprint density at radius 1 is 1.48 bits per heavy atom. The third kappa shape index (κ3) is 3.75. The van der Waals surface area contributed by atoms with Crippen molar-refractivity contribution in [1.82, 2.24) is 14.3 Å². The van der Waals surface area contributed by atoms with E-state index in [9.17, 15) is 8.42 Å². The summed E-state index contributed by atoms with van der Waals surface area (Å²) in [5, 5.41) is 0.375. The van der Waals surface area contributed by atoms with Crippen molar-refractivity contribution in [3.8, 4) is 0 Å². The SMILES string of the molecule is Cc1cc(S(=O)(=O)NC(C)Cn2ccnc2)cc(N)c1Cl. The summed E-state index contributed by atoms with van der Waals surface area (Å²) in [5.74, 6) is 0. The molecule has 3 N–H and O–H groups in total. The van der Waals surface area contributed by atoms with E-state index < -0.39 is 10.0 Å². The lowest BCUT2D eigenvalue weighted by molar-refractivity contribution is 0.520. The Labute approximate surface area is 129 Å². The van der Waals surface area contributed by atoms with Crippen LogP contribution in [-0.2, 0) is 16.6 Å². The number of anilines is 1. The van der Waals surface area contributed by atoms with Crippen molar-refractivity contribution in [1.29, 1.82) is 0 Å². The first-order valence-corrected chi connectivity index (χ1v) is 8.19. The van der Waals surface area contributed by atoms with Gasteiger partial charge in [0.05, 0.1) is 21.9 Å². The van der Waals surface area contributed by atoms with Crippen LogP contribution in [0.4, 0.5) is 5.69 Å². The fourth-order valence-electron chi connectivity index (χ4n) is 2.00. The molecule has 2 aromatic rings. The second-order valence-electron chi connectivity index (χ2n) is 4.93. The minimum absolute atomic E-state index is 0.111. The topological polar surface area (TPSA) is 90.0 Å². The predicted molar refractivity (Wildman–Crippen MR) is 82.6 cm³/mol. The van der Waals surface area contributed by atoms with Gasteiger partial charge in [-0.25, -0.2) is 18.1 Å². The average Bonchev–Trinajstić information content (AvgIpc) is 2.87. The van der Waals surface area contributed by atoms with Crippen LogP contribution in [0.2, 0.25) is 5.02 Å². The number of halogens is 1. The molecule has 1 atom stereocenters. The Hall–Kier alpha value is -1.57. The maximum Gasteiger partial charge on any atom is 0.240 e. The van der Waals surface area contributed by atoms with Crippen molar-refractivity contribution >= 4 is 27.3 Å². The summed E-state index contributed by atoms with van der Waals surface area (Å²) < 4.78 is 29.1. The van der Waals surface area contributed by atoms with Crippen LogP contribution in [0.3, 0.4) is 0 Å². The molecule has 21 heavy (non-hydrogen) atoms. The zero-order valence-corrected chi connectivity index (χ0v) is 13.3. The third-order valence-corrected chi connectivity index (χ3v) is 5.05. The molecule has 0 bridgehead atoms. The Balaban J connectivity index is 2.18. The lowest BCUT2D eigenvalue weighted by Crippen LogP contribution is -2.35. The van der Waals surface area contributed by atoms with Crippen LogP contribution in [0.15, 0.2) is 35.7 Å². The molecule has 0 aliphatic carbocycles. The van der Waals surface area contributed by atoms with Gasteiger partial charge in [0.2, 0.25) is 10.0 Å². The predicted octanol–water partition coefficient (Wildman–Crippen LogP) is 1.79. The second kappa shape index (κ2) is 6.05. The van der Waals surface area contributed by atoms with E-state index in [1.54, 1.807) is 37.1 Å². The Morgan fingerprint density at radius 3 is 2.76 bits per heavy atom. The largest absolute Gasteiger partial charge is 0.397 e. The fourth-order valence-corrected chi connectivity index (χ4v) is 3.46. The molecule has 0 radical (unpaired) electrons. The van der Waals surface area contributed by atoms with Crippen molar-refractivity contribution in [2.75, 3.05) is 5.73 Å². The summed E-state index contributed by atoms with van der Waals surface area (Å²) >= 11 is 5.95. The van der Waals surface area contributed by atoms with Gasteiger partial charge in [0, 0.05) is 25.0 Å². The van der Waals surface area contributed by atoms with Gasteiger partial charge in [-0.3, -0.25) is 0 Å². The van der Waals surface area contributed by atoms with Crippen molar-refractivity contribution in [2.45, 2.75) is 31.3 Å². The molecule has 0 saturated carbocycles. The van der Waals surface area contributed by atoms with Crippen molar-refractivity contribution < 1.29 is 8.42 Å². The molecule has 0 saturated heterocycles. The normalized spacial score (nSPS) is 13.3. The van der Waals surface area contributed by atoms with Crippen LogP contribution in [0.5, 0.6) is 0 Å². The van der Waals surface area contributed by atoms with Crippen molar-refractivity contribution in [3.05, 3.63) is 41.4 Å². The zero-order chi connectivity index (χ0) is 15.6. The number of hydrogen-bond donors (Lipinski definition) is 2. The van der Waals surface area contributed by atoms with Gasteiger partial charge in [0.15, 0.2) is 0 Å². The highest BCUT2D eigenvalue weighted by Crippen LogP contribution is 2.26.